The summed E-state index contributed by atoms with van der Waals surface area (Å²) in [5, 5.41) is 4.02. The van der Waals surface area contributed by atoms with E-state index in [0.29, 0.717) is 17.5 Å². The van der Waals surface area contributed by atoms with Gasteiger partial charge in [-0.3, -0.25) is 0 Å². The van der Waals surface area contributed by atoms with Gasteiger partial charge in [-0.1, -0.05) is 176 Å². The van der Waals surface area contributed by atoms with E-state index >= 15 is 0 Å². The third-order valence-electron chi connectivity index (χ3n) is 11.8. The summed E-state index contributed by atoms with van der Waals surface area (Å²) >= 11 is 0. The molecule has 12 rings (SSSR count). The van der Waals surface area contributed by atoms with E-state index in [1.165, 1.54) is 5.56 Å². The van der Waals surface area contributed by atoms with Crippen LogP contribution in [-0.4, -0.2) is 15.0 Å². The zero-order valence-electron chi connectivity index (χ0n) is 33.9. The fraction of sp³-hybridized carbons (Fsp3) is 0. The summed E-state index contributed by atoms with van der Waals surface area (Å²) in [6.07, 6.45) is 0. The van der Waals surface area contributed by atoms with Crippen LogP contribution in [0, 0.1) is 0 Å². The molecule has 0 bridgehead atoms. The Kier molecular flexibility index (Phi) is 8.71. The Morgan fingerprint density at radius 1 is 0.302 bits per heavy atom. The molecule has 0 aliphatic heterocycles. The van der Waals surface area contributed by atoms with E-state index in [-0.39, 0.29) is 0 Å². The third-order valence-corrected chi connectivity index (χ3v) is 11.8. The molecule has 0 unspecified atom stereocenters. The molecule has 0 aliphatic carbocycles. The second kappa shape index (κ2) is 15.1. The molecule has 6 heteroatoms. The first-order valence-corrected chi connectivity index (χ1v) is 21.0. The summed E-state index contributed by atoms with van der Waals surface area (Å²) < 4.78 is 13.4. The summed E-state index contributed by atoms with van der Waals surface area (Å²) in [5.74, 6) is 1.79. The molecule has 0 radical (unpaired) electrons. The molecule has 0 atom stereocenters. The van der Waals surface area contributed by atoms with Crippen molar-refractivity contribution in [3.05, 3.63) is 218 Å². The van der Waals surface area contributed by atoms with Gasteiger partial charge in [0.25, 0.3) is 0 Å². The molecule has 0 aliphatic rings. The van der Waals surface area contributed by atoms with E-state index < -0.39 is 0 Å². The normalized spacial score (nSPS) is 11.5. The number of rotatable bonds is 8. The Balaban J connectivity index is 1.06. The molecule has 63 heavy (non-hydrogen) atoms. The number of para-hydroxylation sites is 3. The van der Waals surface area contributed by atoms with Crippen LogP contribution in [0.4, 0.5) is 17.1 Å². The Morgan fingerprint density at radius 2 is 0.794 bits per heavy atom. The van der Waals surface area contributed by atoms with Gasteiger partial charge in [0.05, 0.1) is 16.8 Å². The highest BCUT2D eigenvalue weighted by molar-refractivity contribution is 6.17. The first kappa shape index (κ1) is 36.3. The van der Waals surface area contributed by atoms with Crippen molar-refractivity contribution in [2.45, 2.75) is 0 Å². The Morgan fingerprint density at radius 3 is 1.52 bits per heavy atom. The predicted octanol–water partition coefficient (Wildman–Crippen LogP) is 15.5. The molecule has 0 saturated heterocycles. The minimum absolute atomic E-state index is 0.576. The Bertz CT molecular complexity index is 3560. The SMILES string of the molecule is c1ccc(-c2ccc(N(c3ccccc3-c3cccc4c3oc3cccc(-c5nc(-c6ccccc6)nc(-c6ccccc6)n5)c34)c3cccc4oc5ccccc5c34)cc2)cc1. The van der Waals surface area contributed by atoms with E-state index in [2.05, 4.69) is 126 Å². The van der Waals surface area contributed by atoms with Crippen LogP contribution >= 0.6 is 0 Å². The van der Waals surface area contributed by atoms with Crippen molar-refractivity contribution in [3.8, 4) is 56.4 Å². The lowest BCUT2D eigenvalue weighted by Crippen LogP contribution is -2.11. The van der Waals surface area contributed by atoms with Crippen LogP contribution in [0.3, 0.4) is 0 Å². The topological polar surface area (TPSA) is 68.2 Å². The van der Waals surface area contributed by atoms with Gasteiger partial charge in [0, 0.05) is 49.7 Å². The molecule has 0 spiro atoms. The molecule has 0 N–H and O–H groups in total. The molecule has 3 heterocycles. The van der Waals surface area contributed by atoms with Gasteiger partial charge in [0.2, 0.25) is 0 Å². The number of nitrogens with zero attached hydrogens (tertiary/aromatic N) is 4. The van der Waals surface area contributed by atoms with Crippen molar-refractivity contribution >= 4 is 60.9 Å². The highest BCUT2D eigenvalue weighted by Crippen LogP contribution is 2.48. The second-order valence-electron chi connectivity index (χ2n) is 15.5. The lowest BCUT2D eigenvalue weighted by Gasteiger charge is -2.28. The summed E-state index contributed by atoms with van der Waals surface area (Å²) in [4.78, 5) is 17.5. The maximum Gasteiger partial charge on any atom is 0.164 e. The van der Waals surface area contributed by atoms with Gasteiger partial charge in [-0.05, 0) is 53.6 Å². The zero-order valence-corrected chi connectivity index (χ0v) is 33.9. The lowest BCUT2D eigenvalue weighted by atomic mass is 9.97. The van der Waals surface area contributed by atoms with Gasteiger partial charge in [-0.25, -0.2) is 15.0 Å². The number of hydrogen-bond acceptors (Lipinski definition) is 6. The van der Waals surface area contributed by atoms with E-state index in [1.807, 2.05) is 97.1 Å². The van der Waals surface area contributed by atoms with Gasteiger partial charge in [0.1, 0.15) is 22.3 Å². The molecule has 296 valence electrons. The monoisotopic (exact) mass is 808 g/mol. The van der Waals surface area contributed by atoms with Gasteiger partial charge < -0.3 is 13.7 Å². The average molecular weight is 809 g/mol. The molecular weight excluding hydrogens is 773 g/mol. The molecular formula is C57H36N4O2. The van der Waals surface area contributed by atoms with E-state index in [4.69, 9.17) is 23.8 Å². The third kappa shape index (κ3) is 6.32. The maximum atomic E-state index is 6.95. The van der Waals surface area contributed by atoms with Crippen LogP contribution in [-0.2, 0) is 0 Å². The average Bonchev–Trinajstić information content (AvgIpc) is 3.95. The first-order chi connectivity index (χ1) is 31.2. The highest BCUT2D eigenvalue weighted by atomic mass is 16.3. The first-order valence-electron chi connectivity index (χ1n) is 21.0. The van der Waals surface area contributed by atoms with Gasteiger partial charge in [-0.15, -0.1) is 0 Å². The van der Waals surface area contributed by atoms with Crippen molar-refractivity contribution in [2.24, 2.45) is 0 Å². The second-order valence-corrected chi connectivity index (χ2v) is 15.5. The van der Waals surface area contributed by atoms with Crippen molar-refractivity contribution in [1.29, 1.82) is 0 Å². The largest absolute Gasteiger partial charge is 0.456 e. The smallest absolute Gasteiger partial charge is 0.164 e. The van der Waals surface area contributed by atoms with Gasteiger partial charge >= 0.3 is 0 Å². The summed E-state index contributed by atoms with van der Waals surface area (Å²) in [5.41, 5.74) is 13.2. The van der Waals surface area contributed by atoms with Crippen LogP contribution in [0.2, 0.25) is 0 Å². The van der Waals surface area contributed by atoms with Crippen LogP contribution < -0.4 is 4.90 Å². The van der Waals surface area contributed by atoms with Gasteiger partial charge in [0.15, 0.2) is 17.5 Å². The minimum Gasteiger partial charge on any atom is -0.456 e. The fourth-order valence-electron chi connectivity index (χ4n) is 8.86. The summed E-state index contributed by atoms with van der Waals surface area (Å²) in [6.45, 7) is 0. The number of aromatic nitrogens is 3. The van der Waals surface area contributed by atoms with Crippen LogP contribution in [0.1, 0.15) is 0 Å². The van der Waals surface area contributed by atoms with Gasteiger partial charge in [-0.2, -0.15) is 0 Å². The quantitative estimate of drug-likeness (QED) is 0.152. The predicted molar refractivity (Wildman–Crippen MR) is 256 cm³/mol. The van der Waals surface area contributed by atoms with Crippen LogP contribution in [0.15, 0.2) is 227 Å². The van der Waals surface area contributed by atoms with E-state index in [9.17, 15) is 0 Å². The number of anilines is 3. The standard InChI is InChI=1S/C57H36N4O2/c1-4-17-37(18-5-1)38-33-35-41(36-34-38)61(48-29-16-32-51-53(48)44-24-11-13-30-49(44)62-51)47-28-12-10-23-42(47)43-25-14-26-45-52-46(27-15-31-50(52)63-54(43)45)57-59-55(39-19-6-2-7-20-39)58-56(60-57)40-21-8-3-9-22-40/h1-36H. The van der Waals surface area contributed by atoms with Crippen LogP contribution in [0.25, 0.3) is 100 Å². The highest BCUT2D eigenvalue weighted by Gasteiger charge is 2.25. The summed E-state index contributed by atoms with van der Waals surface area (Å²) in [6, 6.07) is 75.1. The van der Waals surface area contributed by atoms with Crippen molar-refractivity contribution in [2.75, 3.05) is 4.90 Å². The van der Waals surface area contributed by atoms with Crippen molar-refractivity contribution in [3.63, 3.8) is 0 Å². The molecule has 0 fully saturated rings. The summed E-state index contributed by atoms with van der Waals surface area (Å²) in [7, 11) is 0. The fourth-order valence-corrected chi connectivity index (χ4v) is 8.86. The number of furan rings is 2. The number of benzene rings is 9. The Labute approximate surface area is 363 Å². The number of fused-ring (bicyclic) bond motifs is 6. The van der Waals surface area contributed by atoms with Crippen molar-refractivity contribution < 1.29 is 8.83 Å². The van der Waals surface area contributed by atoms with E-state index in [0.717, 1.165) is 94.3 Å². The molecule has 12 aromatic rings. The van der Waals surface area contributed by atoms with E-state index in [1.54, 1.807) is 0 Å². The molecule has 0 amide bonds. The number of hydrogen-bond donors (Lipinski definition) is 0. The molecule has 0 saturated carbocycles. The zero-order chi connectivity index (χ0) is 41.7. The molecule has 9 aromatic carbocycles. The molecule has 3 aromatic heterocycles. The minimum atomic E-state index is 0.576. The molecule has 6 nitrogen and oxygen atoms in total. The maximum absolute atomic E-state index is 6.95. The van der Waals surface area contributed by atoms with Crippen LogP contribution in [0.5, 0.6) is 0 Å². The van der Waals surface area contributed by atoms with Crippen molar-refractivity contribution in [1.82, 2.24) is 15.0 Å². The Hall–Kier alpha value is -8.61. The lowest BCUT2D eigenvalue weighted by molar-refractivity contribution is 0.669.